The summed E-state index contributed by atoms with van der Waals surface area (Å²) in [5.41, 5.74) is 7.20. The number of aryl methyl sites for hydroxylation is 1. The van der Waals surface area contributed by atoms with Crippen molar-refractivity contribution in [2.24, 2.45) is 11.7 Å². The number of rotatable bonds is 4. The average molecular weight is 267 g/mol. The molecule has 0 aromatic heterocycles. The van der Waals surface area contributed by atoms with Crippen LogP contribution in [0.25, 0.3) is 0 Å². The van der Waals surface area contributed by atoms with Crippen LogP contribution >= 0.6 is 0 Å². The molecule has 0 saturated carbocycles. The Morgan fingerprint density at radius 1 is 1.42 bits per heavy atom. The lowest BCUT2D eigenvalue weighted by Gasteiger charge is -2.23. The molecule has 19 heavy (non-hydrogen) atoms. The van der Waals surface area contributed by atoms with E-state index >= 15 is 0 Å². The van der Waals surface area contributed by atoms with E-state index in [1.54, 1.807) is 13.0 Å². The number of ether oxygens (including phenoxy) is 2. The molecule has 3 nitrogen and oxygen atoms in total. The molecule has 0 amide bonds. The Hall–Kier alpha value is -1.13. The molecule has 1 saturated heterocycles. The lowest BCUT2D eigenvalue weighted by atomic mass is 10.0. The summed E-state index contributed by atoms with van der Waals surface area (Å²) < 4.78 is 24.8. The Balaban J connectivity index is 2.07. The van der Waals surface area contributed by atoms with Gasteiger partial charge in [-0.15, -0.1) is 0 Å². The molecule has 1 atom stereocenters. The topological polar surface area (TPSA) is 44.5 Å². The van der Waals surface area contributed by atoms with Gasteiger partial charge in [-0.3, -0.25) is 0 Å². The van der Waals surface area contributed by atoms with E-state index in [-0.39, 0.29) is 11.9 Å². The van der Waals surface area contributed by atoms with E-state index < -0.39 is 0 Å². The van der Waals surface area contributed by atoms with Gasteiger partial charge in [0, 0.05) is 24.8 Å². The lowest BCUT2D eigenvalue weighted by molar-refractivity contribution is 0.0495. The van der Waals surface area contributed by atoms with Crippen molar-refractivity contribution < 1.29 is 13.9 Å². The molecule has 0 radical (unpaired) electrons. The van der Waals surface area contributed by atoms with Crippen LogP contribution in [0.15, 0.2) is 12.1 Å². The van der Waals surface area contributed by atoms with Gasteiger partial charge in [0.1, 0.15) is 11.6 Å². The number of hydrogen-bond acceptors (Lipinski definition) is 3. The van der Waals surface area contributed by atoms with Gasteiger partial charge in [0.15, 0.2) is 0 Å². The van der Waals surface area contributed by atoms with Crippen molar-refractivity contribution >= 4 is 0 Å². The van der Waals surface area contributed by atoms with Gasteiger partial charge in [-0.05, 0) is 50.3 Å². The maximum atomic E-state index is 13.6. The van der Waals surface area contributed by atoms with Gasteiger partial charge >= 0.3 is 0 Å². The third-order valence-corrected chi connectivity index (χ3v) is 3.60. The van der Waals surface area contributed by atoms with E-state index in [1.807, 2.05) is 6.92 Å². The second-order valence-corrected chi connectivity index (χ2v) is 5.29. The fourth-order valence-corrected chi connectivity index (χ4v) is 2.27. The summed E-state index contributed by atoms with van der Waals surface area (Å²) in [6, 6.07) is 2.99. The lowest BCUT2D eigenvalue weighted by Crippen LogP contribution is -2.22. The summed E-state index contributed by atoms with van der Waals surface area (Å²) in [7, 11) is 0. The predicted octanol–water partition coefficient (Wildman–Crippen LogP) is 2.96. The Labute approximate surface area is 113 Å². The van der Waals surface area contributed by atoms with Gasteiger partial charge in [0.25, 0.3) is 0 Å². The van der Waals surface area contributed by atoms with Gasteiger partial charge < -0.3 is 15.2 Å². The highest BCUT2D eigenvalue weighted by molar-refractivity contribution is 5.39. The maximum Gasteiger partial charge on any atom is 0.126 e. The van der Waals surface area contributed by atoms with Crippen molar-refractivity contribution in [1.29, 1.82) is 0 Å². The number of hydrogen-bond donors (Lipinski definition) is 1. The minimum absolute atomic E-state index is 0.231. The van der Waals surface area contributed by atoms with E-state index in [0.717, 1.165) is 31.6 Å². The molecule has 0 spiro atoms. The number of benzene rings is 1. The molecule has 1 aromatic rings. The second kappa shape index (κ2) is 6.35. The Morgan fingerprint density at radius 2 is 2.11 bits per heavy atom. The summed E-state index contributed by atoms with van der Waals surface area (Å²) in [6.07, 6.45) is 2.04. The van der Waals surface area contributed by atoms with Gasteiger partial charge in [-0.1, -0.05) is 0 Å². The van der Waals surface area contributed by atoms with E-state index in [1.165, 1.54) is 6.07 Å². The molecule has 1 fully saturated rings. The Kier molecular flexibility index (Phi) is 4.77. The minimum Gasteiger partial charge on any atom is -0.493 e. The van der Waals surface area contributed by atoms with Gasteiger partial charge in [-0.25, -0.2) is 4.39 Å². The highest BCUT2D eigenvalue weighted by Crippen LogP contribution is 2.28. The van der Waals surface area contributed by atoms with E-state index in [2.05, 4.69) is 0 Å². The van der Waals surface area contributed by atoms with Crippen molar-refractivity contribution in [3.63, 3.8) is 0 Å². The molecule has 1 aliphatic rings. The van der Waals surface area contributed by atoms with Crippen LogP contribution in [0.5, 0.6) is 5.75 Å². The summed E-state index contributed by atoms with van der Waals surface area (Å²) in [6.45, 7) is 5.83. The molecule has 0 bridgehead atoms. The van der Waals surface area contributed by atoms with Crippen LogP contribution in [0.4, 0.5) is 4.39 Å². The van der Waals surface area contributed by atoms with Crippen molar-refractivity contribution in [3.8, 4) is 5.75 Å². The summed E-state index contributed by atoms with van der Waals surface area (Å²) in [5.74, 6) is 0.992. The minimum atomic E-state index is -0.236. The standard InChI is InChI=1S/C15H22FNO2/c1-10-7-15(13(11(2)17)8-14(10)16)19-9-12-3-5-18-6-4-12/h7-8,11-12H,3-6,9,17H2,1-2H3. The fraction of sp³-hybridized carbons (Fsp3) is 0.600. The zero-order valence-corrected chi connectivity index (χ0v) is 11.6. The molecule has 106 valence electrons. The quantitative estimate of drug-likeness (QED) is 0.912. The third kappa shape index (κ3) is 3.67. The molecule has 2 N–H and O–H groups in total. The van der Waals surface area contributed by atoms with Crippen LogP contribution in [0.1, 0.15) is 36.9 Å². The molecule has 1 unspecified atom stereocenters. The summed E-state index contributed by atoms with van der Waals surface area (Å²) >= 11 is 0. The largest absolute Gasteiger partial charge is 0.493 e. The molecular formula is C15H22FNO2. The van der Waals surface area contributed by atoms with Crippen molar-refractivity contribution in [3.05, 3.63) is 29.1 Å². The average Bonchev–Trinajstić information content (AvgIpc) is 2.40. The SMILES string of the molecule is Cc1cc(OCC2CCOCC2)c(C(C)N)cc1F. The monoisotopic (exact) mass is 267 g/mol. The van der Waals surface area contributed by atoms with Crippen LogP contribution in [-0.2, 0) is 4.74 Å². The zero-order chi connectivity index (χ0) is 13.8. The van der Waals surface area contributed by atoms with Crippen molar-refractivity contribution in [2.45, 2.75) is 32.7 Å². The Morgan fingerprint density at radius 3 is 2.74 bits per heavy atom. The molecule has 4 heteroatoms. The first-order valence-corrected chi connectivity index (χ1v) is 6.84. The van der Waals surface area contributed by atoms with E-state index in [9.17, 15) is 4.39 Å². The van der Waals surface area contributed by atoms with Crippen LogP contribution in [0.2, 0.25) is 0 Å². The maximum absolute atomic E-state index is 13.6. The third-order valence-electron chi connectivity index (χ3n) is 3.60. The van der Waals surface area contributed by atoms with Crippen LogP contribution in [0.3, 0.4) is 0 Å². The predicted molar refractivity (Wildman–Crippen MR) is 72.8 cm³/mol. The Bertz CT molecular complexity index is 428. The molecule has 1 aromatic carbocycles. The normalized spacial score (nSPS) is 18.3. The van der Waals surface area contributed by atoms with E-state index in [4.69, 9.17) is 15.2 Å². The van der Waals surface area contributed by atoms with Gasteiger partial charge in [-0.2, -0.15) is 0 Å². The van der Waals surface area contributed by atoms with Crippen LogP contribution in [0, 0.1) is 18.7 Å². The van der Waals surface area contributed by atoms with Crippen molar-refractivity contribution in [1.82, 2.24) is 0 Å². The molecule has 0 aliphatic carbocycles. The first kappa shape index (κ1) is 14.3. The molecule has 1 aliphatic heterocycles. The van der Waals surface area contributed by atoms with Crippen LogP contribution < -0.4 is 10.5 Å². The van der Waals surface area contributed by atoms with Crippen molar-refractivity contribution in [2.75, 3.05) is 19.8 Å². The number of halogens is 1. The van der Waals surface area contributed by atoms with Gasteiger partial charge in [0.05, 0.1) is 6.61 Å². The zero-order valence-electron chi connectivity index (χ0n) is 11.6. The van der Waals surface area contributed by atoms with Gasteiger partial charge in [0.2, 0.25) is 0 Å². The molecule has 2 rings (SSSR count). The summed E-state index contributed by atoms with van der Waals surface area (Å²) in [4.78, 5) is 0. The fourth-order valence-electron chi connectivity index (χ4n) is 2.27. The molecular weight excluding hydrogens is 245 g/mol. The number of nitrogens with two attached hydrogens (primary N) is 1. The molecule has 1 heterocycles. The first-order valence-electron chi connectivity index (χ1n) is 6.84. The highest BCUT2D eigenvalue weighted by atomic mass is 19.1. The highest BCUT2D eigenvalue weighted by Gasteiger charge is 2.17. The first-order chi connectivity index (χ1) is 9.08. The smallest absolute Gasteiger partial charge is 0.126 e. The summed E-state index contributed by atoms with van der Waals surface area (Å²) in [5, 5.41) is 0. The van der Waals surface area contributed by atoms with Crippen LogP contribution in [-0.4, -0.2) is 19.8 Å². The second-order valence-electron chi connectivity index (χ2n) is 5.29. The van der Waals surface area contributed by atoms with E-state index in [0.29, 0.717) is 23.8 Å².